The highest BCUT2D eigenvalue weighted by molar-refractivity contribution is 9.10. The van der Waals surface area contributed by atoms with Crippen molar-refractivity contribution in [2.24, 2.45) is 0 Å². The zero-order chi connectivity index (χ0) is 10.7. The van der Waals surface area contributed by atoms with Crippen LogP contribution in [0.3, 0.4) is 0 Å². The molecule has 0 spiro atoms. The van der Waals surface area contributed by atoms with Crippen molar-refractivity contribution in [3.05, 3.63) is 46.8 Å². The van der Waals surface area contributed by atoms with Gasteiger partial charge in [-0.1, -0.05) is 0 Å². The number of hydrogen-bond acceptors (Lipinski definition) is 4. The SMILES string of the molecule is CNC(c1cncnc1)c1occc1Br. The molecule has 2 aromatic rings. The van der Waals surface area contributed by atoms with Gasteiger partial charge >= 0.3 is 0 Å². The zero-order valence-electron chi connectivity index (χ0n) is 8.14. The van der Waals surface area contributed by atoms with Crippen LogP contribution in [-0.2, 0) is 0 Å². The van der Waals surface area contributed by atoms with Gasteiger partial charge in [-0.3, -0.25) is 0 Å². The van der Waals surface area contributed by atoms with Crippen molar-refractivity contribution >= 4 is 15.9 Å². The number of halogens is 1. The lowest BCUT2D eigenvalue weighted by Gasteiger charge is -2.13. The van der Waals surface area contributed by atoms with E-state index in [1.807, 2.05) is 13.1 Å². The zero-order valence-corrected chi connectivity index (χ0v) is 9.73. The summed E-state index contributed by atoms with van der Waals surface area (Å²) in [4.78, 5) is 7.97. The average molecular weight is 268 g/mol. The number of nitrogens with one attached hydrogen (secondary N) is 1. The molecule has 15 heavy (non-hydrogen) atoms. The lowest BCUT2D eigenvalue weighted by molar-refractivity contribution is 0.460. The summed E-state index contributed by atoms with van der Waals surface area (Å²) in [7, 11) is 1.87. The van der Waals surface area contributed by atoms with Crippen molar-refractivity contribution in [2.45, 2.75) is 6.04 Å². The summed E-state index contributed by atoms with van der Waals surface area (Å²) < 4.78 is 6.34. The number of rotatable bonds is 3. The first kappa shape index (κ1) is 10.3. The summed E-state index contributed by atoms with van der Waals surface area (Å²) in [6.45, 7) is 0. The summed E-state index contributed by atoms with van der Waals surface area (Å²) >= 11 is 3.43. The molecule has 1 unspecified atom stereocenters. The molecule has 0 aliphatic carbocycles. The normalized spacial score (nSPS) is 12.7. The molecule has 0 amide bonds. The molecule has 1 N–H and O–H groups in total. The second-order valence-electron chi connectivity index (χ2n) is 3.03. The first-order chi connectivity index (χ1) is 7.33. The summed E-state index contributed by atoms with van der Waals surface area (Å²) in [5, 5.41) is 3.16. The Morgan fingerprint density at radius 2 is 2.13 bits per heavy atom. The van der Waals surface area contributed by atoms with E-state index in [2.05, 4.69) is 31.2 Å². The van der Waals surface area contributed by atoms with E-state index in [1.165, 1.54) is 6.33 Å². The number of aromatic nitrogens is 2. The number of furan rings is 1. The molecule has 2 aromatic heterocycles. The van der Waals surface area contributed by atoms with E-state index in [4.69, 9.17) is 4.42 Å². The van der Waals surface area contributed by atoms with Crippen molar-refractivity contribution in [1.82, 2.24) is 15.3 Å². The Morgan fingerprint density at radius 1 is 1.40 bits per heavy atom. The van der Waals surface area contributed by atoms with Gasteiger partial charge in [0.15, 0.2) is 0 Å². The van der Waals surface area contributed by atoms with Crippen molar-refractivity contribution in [2.75, 3.05) is 7.05 Å². The monoisotopic (exact) mass is 267 g/mol. The van der Waals surface area contributed by atoms with Gasteiger partial charge in [-0.25, -0.2) is 9.97 Å². The maximum atomic E-state index is 5.41. The summed E-state index contributed by atoms with van der Waals surface area (Å²) in [6, 6.07) is 1.83. The van der Waals surface area contributed by atoms with Crippen molar-refractivity contribution in [1.29, 1.82) is 0 Å². The molecule has 0 radical (unpaired) electrons. The van der Waals surface area contributed by atoms with Gasteiger partial charge in [0, 0.05) is 18.0 Å². The van der Waals surface area contributed by atoms with Crippen LogP contribution in [0.1, 0.15) is 17.4 Å². The van der Waals surface area contributed by atoms with Crippen LogP contribution in [0.2, 0.25) is 0 Å². The number of hydrogen-bond donors (Lipinski definition) is 1. The minimum atomic E-state index is -0.0319. The van der Waals surface area contributed by atoms with Crippen molar-refractivity contribution < 1.29 is 4.42 Å². The first-order valence-electron chi connectivity index (χ1n) is 4.48. The Morgan fingerprint density at radius 3 is 2.67 bits per heavy atom. The lowest BCUT2D eigenvalue weighted by atomic mass is 10.1. The predicted octanol–water partition coefficient (Wildman–Crippen LogP) is 2.14. The number of nitrogens with zero attached hydrogens (tertiary/aromatic N) is 2. The topological polar surface area (TPSA) is 51.0 Å². The second kappa shape index (κ2) is 4.55. The first-order valence-corrected chi connectivity index (χ1v) is 5.27. The Balaban J connectivity index is 2.37. The van der Waals surface area contributed by atoms with E-state index in [0.29, 0.717) is 0 Å². The molecule has 0 fully saturated rings. The van der Waals surface area contributed by atoms with E-state index < -0.39 is 0 Å². The Labute approximate surface area is 95.9 Å². The standard InChI is InChI=1S/C10H10BrN3O/c1-12-9(7-4-13-6-14-5-7)10-8(11)2-3-15-10/h2-6,9,12H,1H3. The molecule has 0 aliphatic rings. The van der Waals surface area contributed by atoms with E-state index in [-0.39, 0.29) is 6.04 Å². The van der Waals surface area contributed by atoms with Crippen LogP contribution in [0.15, 0.2) is 39.9 Å². The molecule has 0 bridgehead atoms. The molecule has 78 valence electrons. The fourth-order valence-corrected chi connectivity index (χ4v) is 1.85. The second-order valence-corrected chi connectivity index (χ2v) is 3.88. The lowest BCUT2D eigenvalue weighted by Crippen LogP contribution is -2.17. The maximum Gasteiger partial charge on any atom is 0.139 e. The van der Waals surface area contributed by atoms with E-state index in [0.717, 1.165) is 15.8 Å². The smallest absolute Gasteiger partial charge is 0.139 e. The van der Waals surface area contributed by atoms with E-state index in [9.17, 15) is 0 Å². The van der Waals surface area contributed by atoms with Crippen LogP contribution >= 0.6 is 15.9 Å². The van der Waals surface area contributed by atoms with Crippen molar-refractivity contribution in [3.63, 3.8) is 0 Å². The third kappa shape index (κ3) is 2.08. The highest BCUT2D eigenvalue weighted by Crippen LogP contribution is 2.28. The van der Waals surface area contributed by atoms with E-state index >= 15 is 0 Å². The molecule has 2 rings (SSSR count). The largest absolute Gasteiger partial charge is 0.466 e. The molecule has 0 aliphatic heterocycles. The van der Waals surface area contributed by atoms with Gasteiger partial charge < -0.3 is 9.73 Å². The third-order valence-electron chi connectivity index (χ3n) is 2.11. The van der Waals surface area contributed by atoms with Gasteiger partial charge in [0.05, 0.1) is 16.8 Å². The fraction of sp³-hybridized carbons (Fsp3) is 0.200. The molecule has 1 atom stereocenters. The van der Waals surface area contributed by atoms with Crippen LogP contribution in [0.25, 0.3) is 0 Å². The van der Waals surface area contributed by atoms with E-state index in [1.54, 1.807) is 18.7 Å². The fourth-order valence-electron chi connectivity index (χ4n) is 1.42. The van der Waals surface area contributed by atoms with Crippen LogP contribution < -0.4 is 5.32 Å². The van der Waals surface area contributed by atoms with Crippen LogP contribution in [0.5, 0.6) is 0 Å². The summed E-state index contributed by atoms with van der Waals surface area (Å²) in [5.74, 6) is 0.826. The predicted molar refractivity (Wildman–Crippen MR) is 59.3 cm³/mol. The molecule has 0 aromatic carbocycles. The Bertz CT molecular complexity index is 429. The molecule has 4 nitrogen and oxygen atoms in total. The average Bonchev–Trinajstić information content (AvgIpc) is 2.68. The molecule has 2 heterocycles. The Hall–Kier alpha value is -1.20. The molecular formula is C10H10BrN3O. The summed E-state index contributed by atoms with van der Waals surface area (Å²) in [5.41, 5.74) is 0.968. The Kier molecular flexibility index (Phi) is 3.13. The summed E-state index contributed by atoms with van der Waals surface area (Å²) in [6.07, 6.45) is 6.69. The quantitative estimate of drug-likeness (QED) is 0.926. The van der Waals surface area contributed by atoms with Gasteiger partial charge in [0.1, 0.15) is 12.1 Å². The van der Waals surface area contributed by atoms with Crippen LogP contribution in [0.4, 0.5) is 0 Å². The van der Waals surface area contributed by atoms with Crippen molar-refractivity contribution in [3.8, 4) is 0 Å². The third-order valence-corrected chi connectivity index (χ3v) is 2.76. The molecule has 0 saturated heterocycles. The molecule has 5 heteroatoms. The van der Waals surface area contributed by atoms with Gasteiger partial charge in [0.25, 0.3) is 0 Å². The maximum absolute atomic E-state index is 5.41. The van der Waals surface area contributed by atoms with Crippen LogP contribution in [-0.4, -0.2) is 17.0 Å². The van der Waals surface area contributed by atoms with Gasteiger partial charge in [-0.15, -0.1) is 0 Å². The molecular weight excluding hydrogens is 258 g/mol. The highest BCUT2D eigenvalue weighted by atomic mass is 79.9. The minimum absolute atomic E-state index is 0.0319. The van der Waals surface area contributed by atoms with Crippen LogP contribution in [0, 0.1) is 0 Å². The van der Waals surface area contributed by atoms with Gasteiger partial charge in [-0.05, 0) is 29.0 Å². The minimum Gasteiger partial charge on any atom is -0.466 e. The van der Waals surface area contributed by atoms with Gasteiger partial charge in [-0.2, -0.15) is 0 Å². The molecule has 0 saturated carbocycles. The highest BCUT2D eigenvalue weighted by Gasteiger charge is 2.18. The van der Waals surface area contributed by atoms with Gasteiger partial charge in [0.2, 0.25) is 0 Å².